The van der Waals surface area contributed by atoms with Crippen molar-refractivity contribution in [3.8, 4) is 0 Å². The van der Waals surface area contributed by atoms with Gasteiger partial charge >= 0.3 is 0 Å². The van der Waals surface area contributed by atoms with Crippen LogP contribution in [0.3, 0.4) is 0 Å². The molecule has 1 aromatic heterocycles. The van der Waals surface area contributed by atoms with E-state index in [2.05, 4.69) is 23.7 Å². The number of hydrogen-bond donors (Lipinski definition) is 1. The molecule has 5 heteroatoms. The highest BCUT2D eigenvalue weighted by Crippen LogP contribution is 2.16. The molecule has 1 N–H and O–H groups in total. The molecule has 0 saturated carbocycles. The van der Waals surface area contributed by atoms with E-state index in [1.54, 1.807) is 18.3 Å². The number of hydrogen-bond acceptors (Lipinski definition) is 4. The average molecular weight is 261 g/mol. The zero-order valence-corrected chi connectivity index (χ0v) is 11.5. The van der Waals surface area contributed by atoms with Crippen molar-refractivity contribution in [2.75, 3.05) is 18.1 Å². The fourth-order valence-corrected chi connectivity index (χ4v) is 3.10. The van der Waals surface area contributed by atoms with E-state index in [9.17, 15) is 8.42 Å². The Morgan fingerprint density at radius 3 is 2.75 bits per heavy atom. The van der Waals surface area contributed by atoms with Crippen molar-refractivity contribution in [1.82, 2.24) is 5.32 Å². The summed E-state index contributed by atoms with van der Waals surface area (Å²) >= 11 is 1.73. The second kappa shape index (κ2) is 6.37. The molecular weight excluding hydrogens is 242 g/mol. The molecule has 1 aromatic rings. The zero-order chi connectivity index (χ0) is 12.0. The Hall–Kier alpha value is -0.390. The van der Waals surface area contributed by atoms with E-state index in [4.69, 9.17) is 0 Å². The maximum Gasteiger partial charge on any atom is 0.151 e. The highest BCUT2D eigenvalue weighted by molar-refractivity contribution is 7.91. The molecule has 0 saturated heterocycles. The third-order valence-corrected chi connectivity index (χ3v) is 5.20. The summed E-state index contributed by atoms with van der Waals surface area (Å²) in [6, 6.07) is 2.13. The van der Waals surface area contributed by atoms with Crippen LogP contribution < -0.4 is 5.32 Å². The lowest BCUT2D eigenvalue weighted by Crippen LogP contribution is -2.23. The maximum atomic E-state index is 11.2. The van der Waals surface area contributed by atoms with Gasteiger partial charge in [0.2, 0.25) is 0 Å². The molecule has 0 aliphatic carbocycles. The molecule has 0 aliphatic rings. The molecule has 16 heavy (non-hydrogen) atoms. The highest BCUT2D eigenvalue weighted by Gasteiger charge is 2.07. The first-order valence-electron chi connectivity index (χ1n) is 5.55. The third kappa shape index (κ3) is 4.23. The molecule has 0 unspecified atom stereocenters. The summed E-state index contributed by atoms with van der Waals surface area (Å²) in [5, 5.41) is 5.27. The Balaban J connectivity index is 2.31. The summed E-state index contributed by atoms with van der Waals surface area (Å²) in [6.07, 6.45) is 1.04. The lowest BCUT2D eigenvalue weighted by molar-refractivity contribution is 0.592. The first-order chi connectivity index (χ1) is 7.59. The Morgan fingerprint density at radius 1 is 1.38 bits per heavy atom. The van der Waals surface area contributed by atoms with Crippen molar-refractivity contribution in [2.24, 2.45) is 0 Å². The lowest BCUT2D eigenvalue weighted by Gasteiger charge is -2.05. The topological polar surface area (TPSA) is 46.2 Å². The average Bonchev–Trinajstić information content (AvgIpc) is 2.72. The predicted molar refractivity (Wildman–Crippen MR) is 69.7 cm³/mol. The van der Waals surface area contributed by atoms with Crippen LogP contribution >= 0.6 is 11.3 Å². The van der Waals surface area contributed by atoms with Crippen LogP contribution in [0.25, 0.3) is 0 Å². The minimum atomic E-state index is -2.84. The SMILES string of the molecule is CCc1ccsc1CNCCS(=O)(=O)CC. The predicted octanol–water partition coefficient (Wildman–Crippen LogP) is 1.83. The lowest BCUT2D eigenvalue weighted by atomic mass is 10.2. The number of rotatable bonds is 7. The second-order valence-corrected chi connectivity index (χ2v) is 7.11. The minimum absolute atomic E-state index is 0.230. The first-order valence-corrected chi connectivity index (χ1v) is 8.25. The summed E-state index contributed by atoms with van der Waals surface area (Å²) < 4.78 is 22.5. The van der Waals surface area contributed by atoms with E-state index < -0.39 is 9.84 Å². The molecule has 3 nitrogen and oxygen atoms in total. The van der Waals surface area contributed by atoms with Gasteiger partial charge in [-0.2, -0.15) is 0 Å². The Bertz CT molecular complexity index is 409. The molecule has 0 atom stereocenters. The molecule has 0 amide bonds. The van der Waals surface area contributed by atoms with E-state index in [0.29, 0.717) is 6.54 Å². The standard InChI is InChI=1S/C11H19NO2S2/c1-3-10-5-7-15-11(10)9-12-6-8-16(13,14)4-2/h5,7,12H,3-4,6,8-9H2,1-2H3. The summed E-state index contributed by atoms with van der Waals surface area (Å²) in [7, 11) is -2.84. The largest absolute Gasteiger partial charge is 0.311 e. The van der Waals surface area contributed by atoms with Gasteiger partial charge in [0.1, 0.15) is 0 Å². The van der Waals surface area contributed by atoms with Gasteiger partial charge in [-0.25, -0.2) is 8.42 Å². The van der Waals surface area contributed by atoms with Gasteiger partial charge in [0.05, 0.1) is 5.75 Å². The monoisotopic (exact) mass is 261 g/mol. The molecule has 92 valence electrons. The highest BCUT2D eigenvalue weighted by atomic mass is 32.2. The molecule has 1 heterocycles. The van der Waals surface area contributed by atoms with Crippen LogP contribution in [0.5, 0.6) is 0 Å². The molecule has 0 radical (unpaired) electrons. The van der Waals surface area contributed by atoms with Crippen LogP contribution in [-0.4, -0.2) is 26.5 Å². The fraction of sp³-hybridized carbons (Fsp3) is 0.636. The summed E-state index contributed by atoms with van der Waals surface area (Å²) in [6.45, 7) is 5.13. The second-order valence-electron chi connectivity index (χ2n) is 3.64. The van der Waals surface area contributed by atoms with Gasteiger partial charge in [-0.15, -0.1) is 11.3 Å². The first kappa shape index (κ1) is 13.7. The van der Waals surface area contributed by atoms with Crippen LogP contribution in [-0.2, 0) is 22.8 Å². The normalized spacial score (nSPS) is 11.9. The van der Waals surface area contributed by atoms with Gasteiger partial charge in [-0.3, -0.25) is 0 Å². The Morgan fingerprint density at radius 2 is 2.12 bits per heavy atom. The zero-order valence-electron chi connectivity index (χ0n) is 9.82. The van der Waals surface area contributed by atoms with E-state index in [1.807, 2.05) is 0 Å². The fourth-order valence-electron chi connectivity index (χ4n) is 1.41. The minimum Gasteiger partial charge on any atom is -0.311 e. The summed E-state index contributed by atoms with van der Waals surface area (Å²) in [5.41, 5.74) is 1.36. The van der Waals surface area contributed by atoms with Crippen molar-refractivity contribution >= 4 is 21.2 Å². The van der Waals surface area contributed by atoms with E-state index in [1.165, 1.54) is 10.4 Å². The van der Waals surface area contributed by atoms with Crippen LogP contribution in [0.4, 0.5) is 0 Å². The van der Waals surface area contributed by atoms with Crippen molar-refractivity contribution < 1.29 is 8.42 Å². The molecule has 0 bridgehead atoms. The third-order valence-electron chi connectivity index (χ3n) is 2.53. The van der Waals surface area contributed by atoms with Gasteiger partial charge < -0.3 is 5.32 Å². The van der Waals surface area contributed by atoms with E-state index in [0.717, 1.165) is 13.0 Å². The number of aryl methyl sites for hydroxylation is 1. The van der Waals surface area contributed by atoms with Gasteiger partial charge in [0, 0.05) is 23.7 Å². The summed E-state index contributed by atoms with van der Waals surface area (Å²) in [4.78, 5) is 1.32. The number of thiophene rings is 1. The quantitative estimate of drug-likeness (QED) is 0.762. The molecule has 0 aromatic carbocycles. The smallest absolute Gasteiger partial charge is 0.151 e. The molecule has 0 fully saturated rings. The van der Waals surface area contributed by atoms with Crippen LogP contribution in [0, 0.1) is 0 Å². The van der Waals surface area contributed by atoms with Crippen LogP contribution in [0.1, 0.15) is 24.3 Å². The van der Waals surface area contributed by atoms with E-state index in [-0.39, 0.29) is 11.5 Å². The number of nitrogens with one attached hydrogen (secondary N) is 1. The van der Waals surface area contributed by atoms with Gasteiger partial charge in [0.25, 0.3) is 0 Å². The molecule has 1 rings (SSSR count). The maximum absolute atomic E-state index is 11.2. The number of sulfone groups is 1. The van der Waals surface area contributed by atoms with Crippen LogP contribution in [0.2, 0.25) is 0 Å². The Kier molecular flexibility index (Phi) is 5.44. The molecular formula is C11H19NO2S2. The van der Waals surface area contributed by atoms with E-state index >= 15 is 0 Å². The van der Waals surface area contributed by atoms with Gasteiger partial charge in [0.15, 0.2) is 9.84 Å². The van der Waals surface area contributed by atoms with Gasteiger partial charge in [-0.1, -0.05) is 13.8 Å². The van der Waals surface area contributed by atoms with Gasteiger partial charge in [-0.05, 0) is 23.4 Å². The van der Waals surface area contributed by atoms with Crippen molar-refractivity contribution in [2.45, 2.75) is 26.8 Å². The molecule has 0 aliphatic heterocycles. The molecule has 0 spiro atoms. The van der Waals surface area contributed by atoms with Crippen molar-refractivity contribution in [1.29, 1.82) is 0 Å². The summed E-state index contributed by atoms with van der Waals surface area (Å²) in [5.74, 6) is 0.463. The van der Waals surface area contributed by atoms with Crippen molar-refractivity contribution in [3.63, 3.8) is 0 Å². The Labute approximate surface area is 102 Å². The van der Waals surface area contributed by atoms with Crippen molar-refractivity contribution in [3.05, 3.63) is 21.9 Å². The van der Waals surface area contributed by atoms with Crippen LogP contribution in [0.15, 0.2) is 11.4 Å².